The Morgan fingerprint density at radius 1 is 1.25 bits per heavy atom. The molecule has 0 amide bonds. The van der Waals surface area contributed by atoms with Gasteiger partial charge in [-0.05, 0) is 39.3 Å². The molecule has 0 unspecified atom stereocenters. The highest BCUT2D eigenvalue weighted by molar-refractivity contribution is 5.49. The summed E-state index contributed by atoms with van der Waals surface area (Å²) in [5.74, 6) is 1.21. The van der Waals surface area contributed by atoms with Crippen molar-refractivity contribution >= 4 is 5.82 Å². The smallest absolute Gasteiger partial charge is 0.133 e. The average Bonchev–Trinajstić information content (AvgIpc) is 2.98. The Bertz CT molecular complexity index is 440. The summed E-state index contributed by atoms with van der Waals surface area (Å²) in [4.78, 5) is 9.79. The molecule has 0 radical (unpaired) electrons. The van der Waals surface area contributed by atoms with Crippen LogP contribution in [0, 0.1) is 0 Å². The van der Waals surface area contributed by atoms with Crippen molar-refractivity contribution < 1.29 is 0 Å². The number of hydrogen-bond acceptors (Lipinski definition) is 4. The third-order valence-electron chi connectivity index (χ3n) is 4.55. The van der Waals surface area contributed by atoms with Gasteiger partial charge in [0.25, 0.3) is 0 Å². The highest BCUT2D eigenvalue weighted by Crippen LogP contribution is 2.37. The lowest BCUT2D eigenvalue weighted by Crippen LogP contribution is -2.44. The van der Waals surface area contributed by atoms with Crippen LogP contribution in [0.4, 0.5) is 5.82 Å². The fraction of sp³-hybridized carbons (Fsp3) is 0.688. The SMILES string of the molecule is CC(C)N1CCC[C@H]1c1cccnc1N1CCNCC1. The summed E-state index contributed by atoms with van der Waals surface area (Å²) in [7, 11) is 0. The van der Waals surface area contributed by atoms with E-state index in [1.54, 1.807) is 0 Å². The maximum atomic E-state index is 4.71. The molecule has 0 bridgehead atoms. The Morgan fingerprint density at radius 2 is 2.05 bits per heavy atom. The highest BCUT2D eigenvalue weighted by atomic mass is 15.2. The maximum absolute atomic E-state index is 4.71. The summed E-state index contributed by atoms with van der Waals surface area (Å²) in [6, 6.07) is 5.54. The Hall–Kier alpha value is -1.13. The van der Waals surface area contributed by atoms with Crippen LogP contribution in [-0.4, -0.2) is 48.6 Å². The van der Waals surface area contributed by atoms with Gasteiger partial charge in [0.2, 0.25) is 0 Å². The first kappa shape index (κ1) is 13.8. The van der Waals surface area contributed by atoms with Gasteiger partial charge in [-0.3, -0.25) is 4.90 Å². The van der Waals surface area contributed by atoms with Gasteiger partial charge in [-0.15, -0.1) is 0 Å². The minimum atomic E-state index is 0.550. The average molecular weight is 274 g/mol. The topological polar surface area (TPSA) is 31.4 Å². The zero-order chi connectivity index (χ0) is 13.9. The van der Waals surface area contributed by atoms with Gasteiger partial charge in [-0.1, -0.05) is 6.07 Å². The fourth-order valence-corrected chi connectivity index (χ4v) is 3.55. The largest absolute Gasteiger partial charge is 0.354 e. The molecule has 0 saturated carbocycles. The number of nitrogens with one attached hydrogen (secondary N) is 1. The van der Waals surface area contributed by atoms with Gasteiger partial charge in [0, 0.05) is 50.0 Å². The number of pyridine rings is 1. The maximum Gasteiger partial charge on any atom is 0.133 e. The monoisotopic (exact) mass is 274 g/mol. The quantitative estimate of drug-likeness (QED) is 0.914. The predicted octanol–water partition coefficient (Wildman–Crippen LogP) is 2.04. The second-order valence-corrected chi connectivity index (χ2v) is 6.14. The first-order valence-electron chi connectivity index (χ1n) is 7.93. The van der Waals surface area contributed by atoms with Crippen molar-refractivity contribution in [2.75, 3.05) is 37.6 Å². The summed E-state index contributed by atoms with van der Waals surface area (Å²) >= 11 is 0. The number of anilines is 1. The number of aromatic nitrogens is 1. The van der Waals surface area contributed by atoms with Crippen molar-refractivity contribution in [1.82, 2.24) is 15.2 Å². The Labute approximate surface area is 122 Å². The highest BCUT2D eigenvalue weighted by Gasteiger charge is 2.31. The van der Waals surface area contributed by atoms with Crippen LogP contribution < -0.4 is 10.2 Å². The molecule has 2 saturated heterocycles. The summed E-state index contributed by atoms with van der Waals surface area (Å²) < 4.78 is 0. The minimum Gasteiger partial charge on any atom is -0.354 e. The van der Waals surface area contributed by atoms with Crippen LogP contribution in [0.3, 0.4) is 0 Å². The molecule has 1 aromatic rings. The van der Waals surface area contributed by atoms with Crippen molar-refractivity contribution in [1.29, 1.82) is 0 Å². The van der Waals surface area contributed by atoms with E-state index in [1.165, 1.54) is 30.8 Å². The molecule has 2 aliphatic heterocycles. The minimum absolute atomic E-state index is 0.550. The third kappa shape index (κ3) is 2.67. The molecule has 0 spiro atoms. The van der Waals surface area contributed by atoms with Crippen molar-refractivity contribution in [3.63, 3.8) is 0 Å². The second-order valence-electron chi connectivity index (χ2n) is 6.14. The normalized spacial score (nSPS) is 24.6. The van der Waals surface area contributed by atoms with Crippen LogP contribution >= 0.6 is 0 Å². The van der Waals surface area contributed by atoms with Gasteiger partial charge in [0.15, 0.2) is 0 Å². The van der Waals surface area contributed by atoms with Crippen molar-refractivity contribution in [2.24, 2.45) is 0 Å². The molecule has 1 N–H and O–H groups in total. The van der Waals surface area contributed by atoms with E-state index in [0.717, 1.165) is 26.2 Å². The van der Waals surface area contributed by atoms with E-state index < -0.39 is 0 Å². The van der Waals surface area contributed by atoms with E-state index in [4.69, 9.17) is 4.98 Å². The first-order chi connectivity index (χ1) is 9.77. The number of likely N-dealkylation sites (tertiary alicyclic amines) is 1. The molecule has 2 aliphatic rings. The summed E-state index contributed by atoms with van der Waals surface area (Å²) in [6.45, 7) is 10.1. The molecule has 0 aliphatic carbocycles. The van der Waals surface area contributed by atoms with E-state index in [0.29, 0.717) is 12.1 Å². The molecular formula is C16H26N4. The Balaban J connectivity index is 1.89. The van der Waals surface area contributed by atoms with E-state index in [2.05, 4.69) is 41.1 Å². The summed E-state index contributed by atoms with van der Waals surface area (Å²) in [6.07, 6.45) is 4.51. The van der Waals surface area contributed by atoms with Crippen LogP contribution in [0.5, 0.6) is 0 Å². The van der Waals surface area contributed by atoms with Gasteiger partial charge in [0.05, 0.1) is 0 Å². The van der Waals surface area contributed by atoms with Crippen molar-refractivity contribution in [3.05, 3.63) is 23.9 Å². The molecule has 3 rings (SSSR count). The molecular weight excluding hydrogens is 248 g/mol. The van der Waals surface area contributed by atoms with Crippen LogP contribution in [0.1, 0.15) is 38.3 Å². The number of nitrogens with zero attached hydrogens (tertiary/aromatic N) is 3. The number of hydrogen-bond donors (Lipinski definition) is 1. The van der Waals surface area contributed by atoms with Crippen LogP contribution in [-0.2, 0) is 0 Å². The lowest BCUT2D eigenvalue weighted by Gasteiger charge is -2.34. The Morgan fingerprint density at radius 3 is 2.80 bits per heavy atom. The molecule has 3 heterocycles. The zero-order valence-electron chi connectivity index (χ0n) is 12.7. The zero-order valence-corrected chi connectivity index (χ0v) is 12.7. The van der Waals surface area contributed by atoms with E-state index in [1.807, 2.05) is 6.20 Å². The first-order valence-corrected chi connectivity index (χ1v) is 7.93. The van der Waals surface area contributed by atoms with E-state index in [9.17, 15) is 0 Å². The molecule has 20 heavy (non-hydrogen) atoms. The third-order valence-corrected chi connectivity index (χ3v) is 4.55. The fourth-order valence-electron chi connectivity index (χ4n) is 3.55. The Kier molecular flexibility index (Phi) is 4.22. The van der Waals surface area contributed by atoms with Crippen LogP contribution in [0.25, 0.3) is 0 Å². The molecule has 0 aromatic carbocycles. The van der Waals surface area contributed by atoms with E-state index >= 15 is 0 Å². The van der Waals surface area contributed by atoms with Gasteiger partial charge >= 0.3 is 0 Å². The number of rotatable bonds is 3. The summed E-state index contributed by atoms with van der Waals surface area (Å²) in [5.41, 5.74) is 1.43. The predicted molar refractivity (Wildman–Crippen MR) is 83.1 cm³/mol. The lowest BCUT2D eigenvalue weighted by molar-refractivity contribution is 0.205. The standard InChI is InChI=1S/C16H26N4/c1-13(2)20-10-4-6-15(20)14-5-3-7-18-16(14)19-11-8-17-9-12-19/h3,5,7,13,15,17H,4,6,8-12H2,1-2H3/t15-/m0/s1. The van der Waals surface area contributed by atoms with Crippen LogP contribution in [0.15, 0.2) is 18.3 Å². The van der Waals surface area contributed by atoms with Crippen molar-refractivity contribution in [3.8, 4) is 0 Å². The van der Waals surface area contributed by atoms with E-state index in [-0.39, 0.29) is 0 Å². The molecule has 4 nitrogen and oxygen atoms in total. The lowest BCUT2D eigenvalue weighted by atomic mass is 10.0. The second kappa shape index (κ2) is 6.10. The summed E-state index contributed by atoms with van der Waals surface area (Å²) in [5, 5.41) is 3.42. The van der Waals surface area contributed by atoms with Gasteiger partial charge in [-0.2, -0.15) is 0 Å². The molecule has 110 valence electrons. The van der Waals surface area contributed by atoms with Gasteiger partial charge in [-0.25, -0.2) is 4.98 Å². The van der Waals surface area contributed by atoms with Crippen LogP contribution in [0.2, 0.25) is 0 Å². The molecule has 2 fully saturated rings. The van der Waals surface area contributed by atoms with Crippen molar-refractivity contribution in [2.45, 2.75) is 38.8 Å². The molecule has 1 aromatic heterocycles. The van der Waals surface area contributed by atoms with Gasteiger partial charge in [0.1, 0.15) is 5.82 Å². The molecule has 4 heteroatoms. The number of piperazine rings is 1. The molecule has 1 atom stereocenters. The van der Waals surface area contributed by atoms with Gasteiger partial charge < -0.3 is 10.2 Å².